The van der Waals surface area contributed by atoms with Gasteiger partial charge in [-0.25, -0.2) is 0 Å². The van der Waals surface area contributed by atoms with Crippen LogP contribution >= 0.6 is 0 Å². The summed E-state index contributed by atoms with van der Waals surface area (Å²) in [6, 6.07) is 0. The Bertz CT molecular complexity index is 256. The number of hydrogen-bond acceptors (Lipinski definition) is 4. The number of aliphatic hydroxyl groups is 1. The normalized spacial score (nSPS) is 29.6. The Kier molecular flexibility index (Phi) is 4.15. The van der Waals surface area contributed by atoms with Gasteiger partial charge in [-0.2, -0.15) is 0 Å². The Morgan fingerprint density at radius 3 is 1.73 bits per heavy atom. The number of rotatable bonds is 0. The quantitative estimate of drug-likeness (QED) is 0.594. The molecule has 0 amide bonds. The summed E-state index contributed by atoms with van der Waals surface area (Å²) in [6.45, 7) is 1.93. The van der Waals surface area contributed by atoms with Gasteiger partial charge in [0.1, 0.15) is 0 Å². The first-order chi connectivity index (χ1) is 7.13. The fourth-order valence-electron chi connectivity index (χ4n) is 2.22. The van der Waals surface area contributed by atoms with Gasteiger partial charge in [0.15, 0.2) is 0 Å². The highest BCUT2D eigenvalue weighted by Crippen LogP contribution is 2.36. The standard InChI is InChI=1S/C9H10O3.C2H6O/c10-7-5-3-1-2-4-6(5)8(11)9(7)12;1-2-3/h5-6H,1-4H2;3H,2H2,1H3. The first kappa shape index (κ1) is 12.0. The minimum atomic E-state index is -0.744. The summed E-state index contributed by atoms with van der Waals surface area (Å²) < 4.78 is 0. The third-order valence-corrected chi connectivity index (χ3v) is 2.89. The van der Waals surface area contributed by atoms with Crippen molar-refractivity contribution in [1.82, 2.24) is 0 Å². The van der Waals surface area contributed by atoms with Crippen LogP contribution < -0.4 is 0 Å². The first-order valence-electron chi connectivity index (χ1n) is 5.36. The van der Waals surface area contributed by atoms with Crippen LogP contribution in [0, 0.1) is 11.8 Å². The molecule has 0 saturated heterocycles. The van der Waals surface area contributed by atoms with Crippen molar-refractivity contribution >= 4 is 17.3 Å². The van der Waals surface area contributed by atoms with Crippen molar-refractivity contribution in [3.63, 3.8) is 0 Å². The van der Waals surface area contributed by atoms with E-state index in [1.165, 1.54) is 0 Å². The van der Waals surface area contributed by atoms with E-state index < -0.39 is 17.3 Å². The zero-order chi connectivity index (χ0) is 11.4. The summed E-state index contributed by atoms with van der Waals surface area (Å²) in [4.78, 5) is 33.3. The molecule has 2 rings (SSSR count). The van der Waals surface area contributed by atoms with Crippen LogP contribution in [0.3, 0.4) is 0 Å². The second-order valence-electron chi connectivity index (χ2n) is 3.87. The highest BCUT2D eigenvalue weighted by Gasteiger charge is 2.48. The third kappa shape index (κ3) is 2.31. The van der Waals surface area contributed by atoms with Crippen LogP contribution in [0.2, 0.25) is 0 Å². The molecule has 4 heteroatoms. The molecule has 2 atom stereocenters. The Hall–Kier alpha value is -1.03. The fraction of sp³-hybridized carbons (Fsp3) is 0.727. The molecule has 1 N–H and O–H groups in total. The molecule has 0 aromatic heterocycles. The lowest BCUT2D eigenvalue weighted by Crippen LogP contribution is -2.21. The second-order valence-corrected chi connectivity index (χ2v) is 3.87. The Morgan fingerprint density at radius 1 is 1.07 bits per heavy atom. The van der Waals surface area contributed by atoms with E-state index in [0.717, 1.165) is 25.7 Å². The number of ketones is 3. The summed E-state index contributed by atoms with van der Waals surface area (Å²) in [5.74, 6) is -2.10. The topological polar surface area (TPSA) is 71.4 Å². The molecule has 0 radical (unpaired) electrons. The fourth-order valence-corrected chi connectivity index (χ4v) is 2.22. The van der Waals surface area contributed by atoms with E-state index in [1.54, 1.807) is 6.92 Å². The van der Waals surface area contributed by atoms with Crippen LogP contribution in [0.5, 0.6) is 0 Å². The van der Waals surface area contributed by atoms with Crippen molar-refractivity contribution in [3.05, 3.63) is 0 Å². The molecule has 0 bridgehead atoms. The van der Waals surface area contributed by atoms with E-state index in [2.05, 4.69) is 0 Å². The number of carbonyl (C=O) groups excluding carboxylic acids is 3. The van der Waals surface area contributed by atoms with Crippen molar-refractivity contribution in [2.75, 3.05) is 6.61 Å². The summed E-state index contributed by atoms with van der Waals surface area (Å²) >= 11 is 0. The molecule has 2 aliphatic carbocycles. The second kappa shape index (κ2) is 5.16. The van der Waals surface area contributed by atoms with Crippen molar-refractivity contribution in [3.8, 4) is 0 Å². The largest absolute Gasteiger partial charge is 0.397 e. The third-order valence-electron chi connectivity index (χ3n) is 2.89. The molecule has 0 heterocycles. The first-order valence-corrected chi connectivity index (χ1v) is 5.36. The molecular weight excluding hydrogens is 196 g/mol. The van der Waals surface area contributed by atoms with Gasteiger partial charge in [0.05, 0.1) is 0 Å². The van der Waals surface area contributed by atoms with Crippen LogP contribution in [-0.2, 0) is 14.4 Å². The predicted molar refractivity (Wildman–Crippen MR) is 53.2 cm³/mol. The molecular formula is C11H16O4. The zero-order valence-electron chi connectivity index (χ0n) is 8.86. The average Bonchev–Trinajstić information content (AvgIpc) is 2.46. The monoisotopic (exact) mass is 212 g/mol. The lowest BCUT2D eigenvalue weighted by molar-refractivity contribution is -0.141. The molecule has 2 fully saturated rings. The van der Waals surface area contributed by atoms with Crippen LogP contribution in [0.4, 0.5) is 0 Å². The lowest BCUT2D eigenvalue weighted by atomic mass is 9.81. The highest BCUT2D eigenvalue weighted by atomic mass is 16.2. The molecule has 2 aliphatic rings. The minimum Gasteiger partial charge on any atom is -0.397 e. The van der Waals surface area contributed by atoms with Crippen molar-refractivity contribution in [2.24, 2.45) is 11.8 Å². The van der Waals surface area contributed by atoms with E-state index >= 15 is 0 Å². The molecule has 0 spiro atoms. The highest BCUT2D eigenvalue weighted by molar-refractivity contribution is 6.68. The Labute approximate surface area is 88.7 Å². The van der Waals surface area contributed by atoms with Gasteiger partial charge in [-0.3, -0.25) is 14.4 Å². The van der Waals surface area contributed by atoms with E-state index in [0.29, 0.717) is 0 Å². The molecule has 84 valence electrons. The predicted octanol–water partition coefficient (Wildman–Crippen LogP) is 0.512. The van der Waals surface area contributed by atoms with Crippen LogP contribution in [0.1, 0.15) is 32.6 Å². The number of carbonyl (C=O) groups is 3. The molecule has 15 heavy (non-hydrogen) atoms. The SMILES string of the molecule is CCO.O=C1C(=O)C2CCCCC2C1=O. The molecule has 2 unspecified atom stereocenters. The van der Waals surface area contributed by atoms with Crippen molar-refractivity contribution in [1.29, 1.82) is 0 Å². The maximum atomic E-state index is 11.2. The van der Waals surface area contributed by atoms with E-state index in [9.17, 15) is 14.4 Å². The van der Waals surface area contributed by atoms with Crippen LogP contribution in [0.15, 0.2) is 0 Å². The van der Waals surface area contributed by atoms with Gasteiger partial charge in [-0.05, 0) is 19.8 Å². The van der Waals surface area contributed by atoms with Crippen molar-refractivity contribution in [2.45, 2.75) is 32.6 Å². The molecule has 0 aromatic carbocycles. The van der Waals surface area contributed by atoms with Crippen LogP contribution in [0.25, 0.3) is 0 Å². The molecule has 0 aromatic rings. The van der Waals surface area contributed by atoms with E-state index in [1.807, 2.05) is 0 Å². The minimum absolute atomic E-state index is 0.250. The maximum absolute atomic E-state index is 11.2. The molecule has 4 nitrogen and oxygen atoms in total. The average molecular weight is 212 g/mol. The maximum Gasteiger partial charge on any atom is 0.264 e. The summed E-state index contributed by atoms with van der Waals surface area (Å²) in [7, 11) is 0. The van der Waals surface area contributed by atoms with Gasteiger partial charge in [0.2, 0.25) is 11.6 Å². The number of aliphatic hydroxyl groups excluding tert-OH is 1. The van der Waals surface area contributed by atoms with Gasteiger partial charge in [0.25, 0.3) is 5.78 Å². The van der Waals surface area contributed by atoms with Gasteiger partial charge in [-0.1, -0.05) is 12.8 Å². The number of hydrogen-bond donors (Lipinski definition) is 1. The summed E-state index contributed by atoms with van der Waals surface area (Å²) in [5.41, 5.74) is 0. The van der Waals surface area contributed by atoms with Gasteiger partial charge < -0.3 is 5.11 Å². The number of Topliss-reactive ketones (excluding diaryl/α,β-unsaturated/α-hetero) is 3. The van der Waals surface area contributed by atoms with E-state index in [4.69, 9.17) is 5.11 Å². The Balaban J connectivity index is 0.000000337. The van der Waals surface area contributed by atoms with Gasteiger partial charge >= 0.3 is 0 Å². The van der Waals surface area contributed by atoms with E-state index in [-0.39, 0.29) is 18.4 Å². The summed E-state index contributed by atoms with van der Waals surface area (Å²) in [6.07, 6.45) is 3.43. The van der Waals surface area contributed by atoms with Gasteiger partial charge in [-0.15, -0.1) is 0 Å². The number of fused-ring (bicyclic) bond motifs is 1. The Morgan fingerprint density at radius 2 is 1.40 bits per heavy atom. The van der Waals surface area contributed by atoms with Crippen molar-refractivity contribution < 1.29 is 19.5 Å². The molecule has 0 aliphatic heterocycles. The zero-order valence-corrected chi connectivity index (χ0v) is 8.86. The lowest BCUT2D eigenvalue weighted by Gasteiger charge is -2.20. The summed E-state index contributed by atoms with van der Waals surface area (Å²) in [5, 5.41) is 7.57. The van der Waals surface area contributed by atoms with Crippen LogP contribution in [-0.4, -0.2) is 29.1 Å². The molecule has 2 saturated carbocycles. The van der Waals surface area contributed by atoms with Gasteiger partial charge in [0, 0.05) is 18.4 Å². The smallest absolute Gasteiger partial charge is 0.264 e.